The average Bonchev–Trinajstić information content (AvgIpc) is 3.09. The Labute approximate surface area is 122 Å². The summed E-state index contributed by atoms with van der Waals surface area (Å²) in [7, 11) is -3.06. The minimum atomic E-state index is -3.06. The zero-order valence-electron chi connectivity index (χ0n) is 11.5. The normalized spacial score (nSPS) is 28.4. The van der Waals surface area contributed by atoms with Gasteiger partial charge in [0.05, 0.1) is 17.5 Å². The highest BCUT2D eigenvalue weighted by Gasteiger charge is 2.28. The Bertz CT molecular complexity index is 621. The number of amides is 1. The second kappa shape index (κ2) is 5.72. The Morgan fingerprint density at radius 3 is 2.90 bits per heavy atom. The van der Waals surface area contributed by atoms with Gasteiger partial charge in [-0.25, -0.2) is 8.42 Å². The molecular formula is C12H18N4O4S. The van der Waals surface area contributed by atoms with Crippen molar-refractivity contribution < 1.29 is 17.7 Å². The van der Waals surface area contributed by atoms with Crippen LogP contribution in [-0.4, -0.2) is 48.6 Å². The molecule has 1 aromatic heterocycles. The molecule has 2 unspecified atom stereocenters. The van der Waals surface area contributed by atoms with Gasteiger partial charge in [0.2, 0.25) is 5.89 Å². The molecule has 2 N–H and O–H groups in total. The maximum Gasteiger partial charge on any atom is 0.292 e. The van der Waals surface area contributed by atoms with Crippen LogP contribution in [0.4, 0.5) is 0 Å². The lowest BCUT2D eigenvalue weighted by Gasteiger charge is -2.22. The summed E-state index contributed by atoms with van der Waals surface area (Å²) in [4.78, 5) is 16.1. The number of carbonyl (C=O) groups is 1. The van der Waals surface area contributed by atoms with E-state index in [2.05, 4.69) is 20.8 Å². The Kier molecular flexibility index (Phi) is 3.94. The van der Waals surface area contributed by atoms with E-state index in [0.29, 0.717) is 18.7 Å². The predicted octanol–water partition coefficient (Wildman–Crippen LogP) is -0.199. The summed E-state index contributed by atoms with van der Waals surface area (Å²) in [6.07, 6.45) is 3.16. The largest absolute Gasteiger partial charge is 0.345 e. The van der Waals surface area contributed by atoms with Gasteiger partial charge in [0.15, 0.2) is 9.84 Å². The lowest BCUT2D eigenvalue weighted by atomic mass is 10.2. The average molecular weight is 314 g/mol. The highest BCUT2D eigenvalue weighted by molar-refractivity contribution is 7.91. The van der Waals surface area contributed by atoms with E-state index in [1.165, 1.54) is 0 Å². The van der Waals surface area contributed by atoms with Gasteiger partial charge in [0.25, 0.3) is 11.7 Å². The van der Waals surface area contributed by atoms with Crippen molar-refractivity contribution in [2.24, 2.45) is 0 Å². The van der Waals surface area contributed by atoms with Crippen LogP contribution in [0.25, 0.3) is 0 Å². The number of nitrogens with zero attached hydrogens (tertiary/aromatic N) is 2. The van der Waals surface area contributed by atoms with Crippen molar-refractivity contribution in [3.05, 3.63) is 11.7 Å². The topological polar surface area (TPSA) is 114 Å². The first-order valence-corrected chi connectivity index (χ1v) is 8.94. The first-order valence-electron chi connectivity index (χ1n) is 7.12. The van der Waals surface area contributed by atoms with Crippen molar-refractivity contribution in [3.8, 4) is 0 Å². The lowest BCUT2D eigenvalue weighted by Crippen LogP contribution is -2.43. The molecule has 3 heterocycles. The fourth-order valence-electron chi connectivity index (χ4n) is 2.75. The van der Waals surface area contributed by atoms with Crippen molar-refractivity contribution in [2.75, 3.05) is 18.1 Å². The molecular weight excluding hydrogens is 296 g/mol. The van der Waals surface area contributed by atoms with E-state index in [4.69, 9.17) is 4.52 Å². The zero-order chi connectivity index (χ0) is 14.9. The summed E-state index contributed by atoms with van der Waals surface area (Å²) in [5.41, 5.74) is 0. The van der Waals surface area contributed by atoms with Gasteiger partial charge in [-0.05, 0) is 32.2 Å². The molecule has 1 amide bonds. The van der Waals surface area contributed by atoms with E-state index in [9.17, 15) is 13.2 Å². The van der Waals surface area contributed by atoms with Gasteiger partial charge < -0.3 is 15.2 Å². The Morgan fingerprint density at radius 1 is 1.33 bits per heavy atom. The van der Waals surface area contributed by atoms with Crippen LogP contribution in [0, 0.1) is 0 Å². The SMILES string of the molecule is O=C(NC1CCCS(=O)(=O)C1)c1noc(C2CCCN2)n1. The molecule has 0 saturated carbocycles. The summed E-state index contributed by atoms with van der Waals surface area (Å²) in [6.45, 7) is 0.897. The molecule has 8 nitrogen and oxygen atoms in total. The first-order chi connectivity index (χ1) is 10.0. The van der Waals surface area contributed by atoms with Gasteiger partial charge in [0.1, 0.15) is 0 Å². The number of aromatic nitrogens is 2. The molecule has 0 bridgehead atoms. The van der Waals surface area contributed by atoms with Gasteiger partial charge in [-0.3, -0.25) is 4.79 Å². The molecule has 21 heavy (non-hydrogen) atoms. The van der Waals surface area contributed by atoms with Crippen LogP contribution in [0.5, 0.6) is 0 Å². The molecule has 3 rings (SSSR count). The van der Waals surface area contributed by atoms with Crippen LogP contribution >= 0.6 is 0 Å². The minimum absolute atomic E-state index is 0.00843. The van der Waals surface area contributed by atoms with Crippen molar-refractivity contribution in [1.29, 1.82) is 0 Å². The first kappa shape index (κ1) is 14.5. The molecule has 2 saturated heterocycles. The van der Waals surface area contributed by atoms with Crippen LogP contribution < -0.4 is 10.6 Å². The van der Waals surface area contributed by atoms with E-state index in [0.717, 1.165) is 19.4 Å². The van der Waals surface area contributed by atoms with Crippen LogP contribution in [0.2, 0.25) is 0 Å². The smallest absolute Gasteiger partial charge is 0.292 e. The molecule has 1 aromatic rings. The van der Waals surface area contributed by atoms with Gasteiger partial charge >= 0.3 is 0 Å². The Morgan fingerprint density at radius 2 is 2.19 bits per heavy atom. The van der Waals surface area contributed by atoms with E-state index < -0.39 is 15.7 Å². The van der Waals surface area contributed by atoms with E-state index >= 15 is 0 Å². The number of carbonyl (C=O) groups excluding carboxylic acids is 1. The van der Waals surface area contributed by atoms with E-state index in [-0.39, 0.29) is 29.4 Å². The third kappa shape index (κ3) is 3.41. The van der Waals surface area contributed by atoms with Gasteiger partial charge in [-0.2, -0.15) is 4.98 Å². The molecule has 2 aliphatic rings. The summed E-state index contributed by atoms with van der Waals surface area (Å²) < 4.78 is 28.2. The molecule has 0 aromatic carbocycles. The van der Waals surface area contributed by atoms with E-state index in [1.54, 1.807) is 0 Å². The zero-order valence-corrected chi connectivity index (χ0v) is 12.4. The van der Waals surface area contributed by atoms with Crippen molar-refractivity contribution in [1.82, 2.24) is 20.8 Å². The fraction of sp³-hybridized carbons (Fsp3) is 0.750. The molecule has 9 heteroatoms. The summed E-state index contributed by atoms with van der Waals surface area (Å²) in [5, 5.41) is 9.56. The van der Waals surface area contributed by atoms with Gasteiger partial charge in [-0.15, -0.1) is 0 Å². The summed E-state index contributed by atoms with van der Waals surface area (Å²) >= 11 is 0. The van der Waals surface area contributed by atoms with E-state index in [1.807, 2.05) is 0 Å². The molecule has 2 fully saturated rings. The molecule has 2 aliphatic heterocycles. The van der Waals surface area contributed by atoms with Crippen LogP contribution in [-0.2, 0) is 9.84 Å². The second-order valence-electron chi connectivity index (χ2n) is 5.53. The maximum absolute atomic E-state index is 12.0. The minimum Gasteiger partial charge on any atom is -0.345 e. The third-order valence-electron chi connectivity index (χ3n) is 3.80. The Hall–Kier alpha value is -1.48. The highest BCUT2D eigenvalue weighted by atomic mass is 32.2. The number of hydrogen-bond acceptors (Lipinski definition) is 7. The fourth-order valence-corrected chi connectivity index (χ4v) is 4.39. The number of nitrogens with one attached hydrogen (secondary N) is 2. The molecule has 2 atom stereocenters. The van der Waals surface area contributed by atoms with Crippen LogP contribution in [0.1, 0.15) is 48.2 Å². The maximum atomic E-state index is 12.0. The van der Waals surface area contributed by atoms with Crippen molar-refractivity contribution >= 4 is 15.7 Å². The highest BCUT2D eigenvalue weighted by Crippen LogP contribution is 2.21. The Balaban J connectivity index is 1.62. The van der Waals surface area contributed by atoms with Crippen LogP contribution in [0.15, 0.2) is 4.52 Å². The van der Waals surface area contributed by atoms with Gasteiger partial charge in [-0.1, -0.05) is 5.16 Å². The molecule has 0 radical (unpaired) electrons. The third-order valence-corrected chi connectivity index (χ3v) is 5.62. The second-order valence-corrected chi connectivity index (χ2v) is 7.76. The standard InChI is InChI=1S/C12H18N4O4S/c17-11(14-8-3-2-6-21(18,19)7-8)10-15-12(20-16-10)9-4-1-5-13-9/h8-9,13H,1-7H2,(H,14,17). The summed E-state index contributed by atoms with van der Waals surface area (Å²) in [6, 6.07) is -0.364. The number of sulfone groups is 1. The molecule has 116 valence electrons. The monoisotopic (exact) mass is 314 g/mol. The lowest BCUT2D eigenvalue weighted by molar-refractivity contribution is 0.0924. The quantitative estimate of drug-likeness (QED) is 0.794. The van der Waals surface area contributed by atoms with Crippen molar-refractivity contribution in [2.45, 2.75) is 37.8 Å². The van der Waals surface area contributed by atoms with Crippen molar-refractivity contribution in [3.63, 3.8) is 0 Å². The number of hydrogen-bond donors (Lipinski definition) is 2. The molecule has 0 aliphatic carbocycles. The van der Waals surface area contributed by atoms with Crippen LogP contribution in [0.3, 0.4) is 0 Å². The summed E-state index contributed by atoms with van der Waals surface area (Å²) in [5.74, 6) is 0.0628. The predicted molar refractivity (Wildman–Crippen MR) is 73.4 cm³/mol. The van der Waals surface area contributed by atoms with Gasteiger partial charge in [0, 0.05) is 6.04 Å². The number of rotatable bonds is 3. The molecule has 0 spiro atoms.